The number of rotatable bonds is 6. The lowest BCUT2D eigenvalue weighted by molar-refractivity contribution is -0.384. The molecule has 1 aliphatic heterocycles. The molecular formula is C21H28IN5O3. The molecule has 0 spiro atoms. The maximum Gasteiger partial charge on any atom is 0.269 e. The van der Waals surface area contributed by atoms with E-state index in [1.807, 2.05) is 25.1 Å². The summed E-state index contributed by atoms with van der Waals surface area (Å²) >= 11 is 0. The summed E-state index contributed by atoms with van der Waals surface area (Å²) in [6.07, 6.45) is 0. The fourth-order valence-corrected chi connectivity index (χ4v) is 3.34. The first-order chi connectivity index (χ1) is 14.1. The minimum atomic E-state index is -0.379. The van der Waals surface area contributed by atoms with Crippen LogP contribution in [0.2, 0.25) is 0 Å². The maximum atomic E-state index is 11.0. The molecule has 0 saturated carbocycles. The number of guanidine groups is 1. The van der Waals surface area contributed by atoms with Gasteiger partial charge in [0.1, 0.15) is 5.75 Å². The molecule has 9 heteroatoms. The third kappa shape index (κ3) is 6.22. The van der Waals surface area contributed by atoms with Crippen LogP contribution in [0.4, 0.5) is 11.4 Å². The van der Waals surface area contributed by atoms with Crippen LogP contribution in [0.15, 0.2) is 53.5 Å². The molecule has 162 valence electrons. The number of aliphatic imine (C=N–C) groups is 1. The lowest BCUT2D eigenvalue weighted by Gasteiger charge is -2.37. The van der Waals surface area contributed by atoms with E-state index < -0.39 is 0 Å². The van der Waals surface area contributed by atoms with Crippen molar-refractivity contribution >= 4 is 41.3 Å². The van der Waals surface area contributed by atoms with Crippen molar-refractivity contribution in [2.24, 2.45) is 4.99 Å². The summed E-state index contributed by atoms with van der Waals surface area (Å²) in [7, 11) is 1.68. The molecule has 30 heavy (non-hydrogen) atoms. The van der Waals surface area contributed by atoms with Crippen LogP contribution in [0, 0.1) is 10.1 Å². The van der Waals surface area contributed by atoms with Gasteiger partial charge in [0.05, 0.1) is 18.6 Å². The van der Waals surface area contributed by atoms with Gasteiger partial charge >= 0.3 is 0 Å². The molecule has 2 aromatic carbocycles. The van der Waals surface area contributed by atoms with Crippen LogP contribution in [-0.2, 0) is 6.54 Å². The zero-order valence-electron chi connectivity index (χ0n) is 17.3. The number of hydrogen-bond donors (Lipinski definition) is 1. The molecule has 1 fully saturated rings. The molecule has 0 unspecified atom stereocenters. The summed E-state index contributed by atoms with van der Waals surface area (Å²) in [5.74, 6) is 1.70. The van der Waals surface area contributed by atoms with Crippen molar-refractivity contribution < 1.29 is 9.66 Å². The largest absolute Gasteiger partial charge is 0.497 e. The van der Waals surface area contributed by atoms with Gasteiger partial charge in [-0.25, -0.2) is 4.99 Å². The fraction of sp³-hybridized carbons (Fsp3) is 0.381. The van der Waals surface area contributed by atoms with Crippen molar-refractivity contribution in [2.75, 3.05) is 44.7 Å². The standard InChI is InChI=1S/C21H27N5O3.HI/c1-3-22-21(23-16-17-6-4-8-19(14-17)26(27)28)25-12-10-24(11-13-25)18-7-5-9-20(15-18)29-2;/h4-9,14-15H,3,10-13,16H2,1-2H3,(H,22,23);1H. The summed E-state index contributed by atoms with van der Waals surface area (Å²) in [4.78, 5) is 19.9. The zero-order valence-corrected chi connectivity index (χ0v) is 19.6. The van der Waals surface area contributed by atoms with E-state index in [1.165, 1.54) is 6.07 Å². The molecule has 2 aromatic rings. The lowest BCUT2D eigenvalue weighted by Crippen LogP contribution is -2.52. The van der Waals surface area contributed by atoms with Crippen LogP contribution in [-0.4, -0.2) is 55.6 Å². The van der Waals surface area contributed by atoms with E-state index in [9.17, 15) is 10.1 Å². The van der Waals surface area contributed by atoms with Crippen molar-refractivity contribution in [1.29, 1.82) is 0 Å². The summed E-state index contributed by atoms with van der Waals surface area (Å²) < 4.78 is 5.33. The maximum absolute atomic E-state index is 11.0. The average molecular weight is 525 g/mol. The zero-order chi connectivity index (χ0) is 20.6. The highest BCUT2D eigenvalue weighted by Crippen LogP contribution is 2.22. The van der Waals surface area contributed by atoms with Crippen molar-refractivity contribution in [1.82, 2.24) is 10.2 Å². The van der Waals surface area contributed by atoms with E-state index in [4.69, 9.17) is 9.73 Å². The molecular weight excluding hydrogens is 497 g/mol. The third-order valence-corrected chi connectivity index (χ3v) is 4.87. The number of anilines is 1. The Morgan fingerprint density at radius 3 is 2.57 bits per heavy atom. The number of nitro benzene ring substituents is 1. The second-order valence-corrected chi connectivity index (χ2v) is 6.77. The van der Waals surface area contributed by atoms with Crippen molar-refractivity contribution in [3.05, 3.63) is 64.2 Å². The first-order valence-corrected chi connectivity index (χ1v) is 9.76. The number of non-ortho nitro benzene ring substituents is 1. The molecule has 3 rings (SSSR count). The minimum absolute atomic E-state index is 0. The SMILES string of the molecule is CCNC(=NCc1cccc([N+](=O)[O-])c1)N1CCN(c2cccc(OC)c2)CC1.I. The van der Waals surface area contributed by atoms with E-state index in [1.54, 1.807) is 19.2 Å². The molecule has 0 radical (unpaired) electrons. The Labute approximate surface area is 194 Å². The van der Waals surface area contributed by atoms with E-state index in [0.717, 1.165) is 55.7 Å². The minimum Gasteiger partial charge on any atom is -0.497 e. The molecule has 1 heterocycles. The lowest BCUT2D eigenvalue weighted by atomic mass is 10.2. The Bertz CT molecular complexity index is 869. The Balaban J connectivity index is 0.00000320. The number of nitrogens with one attached hydrogen (secondary N) is 1. The topological polar surface area (TPSA) is 83.2 Å². The van der Waals surface area contributed by atoms with E-state index in [2.05, 4.69) is 27.2 Å². The van der Waals surface area contributed by atoms with Crippen LogP contribution in [0.1, 0.15) is 12.5 Å². The molecule has 1 saturated heterocycles. The Morgan fingerprint density at radius 2 is 1.90 bits per heavy atom. The van der Waals surface area contributed by atoms with E-state index in [0.29, 0.717) is 6.54 Å². The van der Waals surface area contributed by atoms with E-state index in [-0.39, 0.29) is 34.6 Å². The number of benzene rings is 2. The summed E-state index contributed by atoms with van der Waals surface area (Å²) in [6, 6.07) is 14.7. The monoisotopic (exact) mass is 525 g/mol. The Kier molecular flexibility index (Phi) is 9.15. The van der Waals surface area contributed by atoms with Crippen molar-refractivity contribution in [2.45, 2.75) is 13.5 Å². The van der Waals surface area contributed by atoms with Crippen molar-refractivity contribution in [3.63, 3.8) is 0 Å². The van der Waals surface area contributed by atoms with Crippen LogP contribution < -0.4 is 15.0 Å². The average Bonchev–Trinajstić information content (AvgIpc) is 2.77. The number of ether oxygens (including phenoxy) is 1. The number of hydrogen-bond acceptors (Lipinski definition) is 5. The van der Waals surface area contributed by atoms with Gasteiger partial charge in [-0.15, -0.1) is 24.0 Å². The smallest absolute Gasteiger partial charge is 0.269 e. The number of nitrogens with zero attached hydrogens (tertiary/aromatic N) is 4. The molecule has 0 amide bonds. The predicted octanol–water partition coefficient (Wildman–Crippen LogP) is 3.51. The molecule has 0 aromatic heterocycles. The van der Waals surface area contributed by atoms with Gasteiger partial charge in [-0.2, -0.15) is 0 Å². The van der Waals surface area contributed by atoms with Gasteiger partial charge in [-0.3, -0.25) is 10.1 Å². The van der Waals surface area contributed by atoms with Gasteiger partial charge in [0.2, 0.25) is 0 Å². The first kappa shape index (κ1) is 23.7. The van der Waals surface area contributed by atoms with Gasteiger partial charge < -0.3 is 19.9 Å². The molecule has 0 aliphatic carbocycles. The van der Waals surface area contributed by atoms with Crippen LogP contribution >= 0.6 is 24.0 Å². The number of piperazine rings is 1. The molecule has 0 atom stereocenters. The normalized spacial score (nSPS) is 14.1. The van der Waals surface area contributed by atoms with Crippen LogP contribution in [0.5, 0.6) is 5.75 Å². The molecule has 1 N–H and O–H groups in total. The number of methoxy groups -OCH3 is 1. The second kappa shape index (κ2) is 11.6. The molecule has 8 nitrogen and oxygen atoms in total. The van der Waals surface area contributed by atoms with Crippen LogP contribution in [0.3, 0.4) is 0 Å². The number of halogens is 1. The quantitative estimate of drug-likeness (QED) is 0.205. The van der Waals surface area contributed by atoms with Gasteiger partial charge in [0.25, 0.3) is 5.69 Å². The Morgan fingerprint density at radius 1 is 1.17 bits per heavy atom. The predicted molar refractivity (Wildman–Crippen MR) is 130 cm³/mol. The molecule has 0 bridgehead atoms. The first-order valence-electron chi connectivity index (χ1n) is 9.76. The van der Waals surface area contributed by atoms with Gasteiger partial charge in [0, 0.05) is 56.6 Å². The highest BCUT2D eigenvalue weighted by molar-refractivity contribution is 14.0. The van der Waals surface area contributed by atoms with Gasteiger partial charge in [-0.05, 0) is 24.6 Å². The summed E-state index contributed by atoms with van der Waals surface area (Å²) in [5, 5.41) is 14.3. The van der Waals surface area contributed by atoms with Crippen LogP contribution in [0.25, 0.3) is 0 Å². The second-order valence-electron chi connectivity index (χ2n) is 6.77. The van der Waals surface area contributed by atoms with Gasteiger partial charge in [-0.1, -0.05) is 18.2 Å². The fourth-order valence-electron chi connectivity index (χ4n) is 3.34. The Hall–Kier alpha value is -2.56. The van der Waals surface area contributed by atoms with E-state index >= 15 is 0 Å². The highest BCUT2D eigenvalue weighted by Gasteiger charge is 2.20. The summed E-state index contributed by atoms with van der Waals surface area (Å²) in [6.45, 7) is 6.66. The number of nitro groups is 1. The molecule has 1 aliphatic rings. The summed E-state index contributed by atoms with van der Waals surface area (Å²) in [5.41, 5.74) is 2.07. The van der Waals surface area contributed by atoms with Crippen molar-refractivity contribution in [3.8, 4) is 5.75 Å². The highest BCUT2D eigenvalue weighted by atomic mass is 127. The third-order valence-electron chi connectivity index (χ3n) is 4.87. The van der Waals surface area contributed by atoms with Gasteiger partial charge in [0.15, 0.2) is 5.96 Å².